The monoisotopic (exact) mass is 488 g/mol. The predicted molar refractivity (Wildman–Crippen MR) is 134 cm³/mol. The molecule has 2 amide bonds. The van der Waals surface area contributed by atoms with Crippen LogP contribution in [0.3, 0.4) is 0 Å². The Morgan fingerprint density at radius 2 is 1.91 bits per heavy atom. The predicted octanol–water partition coefficient (Wildman–Crippen LogP) is 5.78. The van der Waals surface area contributed by atoms with Crippen molar-refractivity contribution in [2.75, 3.05) is 12.4 Å². The summed E-state index contributed by atoms with van der Waals surface area (Å²) in [7, 11) is 1.77. The van der Waals surface area contributed by atoms with Crippen LogP contribution in [-0.4, -0.2) is 33.5 Å². The smallest absolute Gasteiger partial charge is 0.291 e. The van der Waals surface area contributed by atoms with Gasteiger partial charge in [0.05, 0.1) is 26.7 Å². The molecule has 0 fully saturated rings. The SMILES string of the molecule is CN(Cc1cn(-c2ccccc2)nc1-c1cccs1)C(=O)c1ccc(NC(=O)c2ccco2)s1. The number of nitrogens with zero attached hydrogens (tertiary/aromatic N) is 3. The van der Waals surface area contributed by atoms with Gasteiger partial charge in [-0.05, 0) is 47.8 Å². The van der Waals surface area contributed by atoms with Crippen LogP contribution in [0.4, 0.5) is 5.00 Å². The van der Waals surface area contributed by atoms with Gasteiger partial charge in [0.15, 0.2) is 5.76 Å². The highest BCUT2D eigenvalue weighted by atomic mass is 32.1. The van der Waals surface area contributed by atoms with E-state index in [9.17, 15) is 9.59 Å². The molecule has 0 radical (unpaired) electrons. The van der Waals surface area contributed by atoms with Gasteiger partial charge in [0.2, 0.25) is 0 Å². The van der Waals surface area contributed by atoms with Crippen molar-refractivity contribution in [3.63, 3.8) is 0 Å². The van der Waals surface area contributed by atoms with Crippen molar-refractivity contribution < 1.29 is 14.0 Å². The lowest BCUT2D eigenvalue weighted by Gasteiger charge is -2.16. The number of aromatic nitrogens is 2. The Bertz CT molecular complexity index is 1400. The van der Waals surface area contributed by atoms with E-state index in [-0.39, 0.29) is 17.6 Å². The molecule has 9 heteroatoms. The maximum Gasteiger partial charge on any atom is 0.291 e. The van der Waals surface area contributed by atoms with Gasteiger partial charge in [-0.3, -0.25) is 9.59 Å². The fourth-order valence-electron chi connectivity index (χ4n) is 3.48. The standard InChI is InChI=1S/C25H20N4O3S2/c1-28(25(31)21-11-12-22(34-21)26-24(30)19-9-5-13-32-19)15-17-16-29(18-7-3-2-4-8-18)27-23(17)20-10-6-14-33-20/h2-14,16H,15H2,1H3,(H,26,30). The van der Waals surface area contributed by atoms with Crippen LogP contribution in [0, 0.1) is 0 Å². The molecule has 5 aromatic rings. The summed E-state index contributed by atoms with van der Waals surface area (Å²) in [6.07, 6.45) is 3.41. The topological polar surface area (TPSA) is 80.4 Å². The van der Waals surface area contributed by atoms with Gasteiger partial charge in [-0.25, -0.2) is 4.68 Å². The Labute approximate surface area is 203 Å². The molecule has 0 saturated carbocycles. The minimum atomic E-state index is -0.354. The van der Waals surface area contributed by atoms with Crippen LogP contribution in [0.15, 0.2) is 89.0 Å². The van der Waals surface area contributed by atoms with Crippen molar-refractivity contribution in [1.82, 2.24) is 14.7 Å². The van der Waals surface area contributed by atoms with Gasteiger partial charge in [-0.15, -0.1) is 22.7 Å². The molecular formula is C25H20N4O3S2. The Morgan fingerprint density at radius 3 is 2.65 bits per heavy atom. The number of amides is 2. The second kappa shape index (κ2) is 9.50. The average molecular weight is 489 g/mol. The first-order valence-electron chi connectivity index (χ1n) is 10.5. The number of thiophene rings is 2. The molecule has 0 unspecified atom stereocenters. The largest absolute Gasteiger partial charge is 0.459 e. The summed E-state index contributed by atoms with van der Waals surface area (Å²) in [5, 5.41) is 10.2. The third kappa shape index (κ3) is 4.57. The number of nitrogens with one attached hydrogen (secondary N) is 1. The van der Waals surface area contributed by atoms with Gasteiger partial charge in [0, 0.05) is 25.4 Å². The molecule has 0 bridgehead atoms. The second-order valence-electron chi connectivity index (χ2n) is 7.52. The van der Waals surface area contributed by atoms with Gasteiger partial charge in [-0.1, -0.05) is 24.3 Å². The molecule has 0 saturated heterocycles. The van der Waals surface area contributed by atoms with Crippen molar-refractivity contribution in [1.29, 1.82) is 0 Å². The fraction of sp³-hybridized carbons (Fsp3) is 0.0800. The zero-order valence-corrected chi connectivity index (χ0v) is 19.8. The van der Waals surface area contributed by atoms with Gasteiger partial charge in [0.25, 0.3) is 11.8 Å². The Kier molecular flexibility index (Phi) is 6.11. The number of para-hydroxylation sites is 1. The van der Waals surface area contributed by atoms with Crippen LogP contribution >= 0.6 is 22.7 Å². The van der Waals surface area contributed by atoms with Crippen LogP contribution in [-0.2, 0) is 6.54 Å². The first-order valence-corrected chi connectivity index (χ1v) is 12.2. The second-order valence-corrected chi connectivity index (χ2v) is 9.55. The summed E-state index contributed by atoms with van der Waals surface area (Å²) in [6, 6.07) is 20.6. The number of carbonyl (C=O) groups excluding carboxylic acids is 2. The quantitative estimate of drug-likeness (QED) is 0.315. The highest BCUT2D eigenvalue weighted by Crippen LogP contribution is 2.29. The van der Waals surface area contributed by atoms with E-state index < -0.39 is 0 Å². The molecule has 0 atom stereocenters. The number of hydrogen-bond donors (Lipinski definition) is 1. The summed E-state index contributed by atoms with van der Waals surface area (Å²) in [6.45, 7) is 0.394. The van der Waals surface area contributed by atoms with Crippen LogP contribution < -0.4 is 5.32 Å². The molecule has 5 rings (SSSR count). The Balaban J connectivity index is 1.34. The zero-order chi connectivity index (χ0) is 23.5. The average Bonchev–Trinajstić information content (AvgIpc) is 3.66. The molecule has 1 N–H and O–H groups in total. The van der Waals surface area contributed by atoms with Crippen molar-refractivity contribution in [2.24, 2.45) is 0 Å². The maximum atomic E-state index is 13.1. The molecule has 0 aliphatic rings. The number of hydrogen-bond acceptors (Lipinski definition) is 6. The molecule has 170 valence electrons. The van der Waals surface area contributed by atoms with E-state index in [1.54, 1.807) is 47.5 Å². The lowest BCUT2D eigenvalue weighted by molar-refractivity contribution is 0.0790. The molecule has 0 aliphatic heterocycles. The third-order valence-corrected chi connectivity index (χ3v) is 6.98. The van der Waals surface area contributed by atoms with E-state index in [4.69, 9.17) is 9.52 Å². The van der Waals surface area contributed by atoms with E-state index >= 15 is 0 Å². The van der Waals surface area contributed by atoms with Gasteiger partial charge in [-0.2, -0.15) is 5.10 Å². The van der Waals surface area contributed by atoms with E-state index in [0.717, 1.165) is 21.8 Å². The summed E-state index contributed by atoms with van der Waals surface area (Å²) in [5.74, 6) is -0.267. The van der Waals surface area contributed by atoms with E-state index in [1.165, 1.54) is 17.6 Å². The molecule has 1 aromatic carbocycles. The summed E-state index contributed by atoms with van der Waals surface area (Å²) in [5.41, 5.74) is 2.76. The minimum absolute atomic E-state index is 0.131. The summed E-state index contributed by atoms with van der Waals surface area (Å²) < 4.78 is 6.96. The van der Waals surface area contributed by atoms with Crippen molar-refractivity contribution in [3.05, 3.63) is 101 Å². The van der Waals surface area contributed by atoms with Crippen LogP contribution in [0.25, 0.3) is 16.3 Å². The Hall–Kier alpha value is -3.95. The maximum absolute atomic E-state index is 13.1. The third-order valence-electron chi connectivity index (χ3n) is 5.12. The first kappa shape index (κ1) is 21.9. The fourth-order valence-corrected chi connectivity index (χ4v) is 5.12. The molecular weight excluding hydrogens is 468 g/mol. The number of furan rings is 1. The van der Waals surface area contributed by atoms with Crippen LogP contribution in [0.1, 0.15) is 25.8 Å². The van der Waals surface area contributed by atoms with Crippen LogP contribution in [0.5, 0.6) is 0 Å². The number of carbonyl (C=O) groups is 2. The molecule has 7 nitrogen and oxygen atoms in total. The number of benzene rings is 1. The number of rotatable bonds is 7. The normalized spacial score (nSPS) is 10.9. The molecule has 0 spiro atoms. The van der Waals surface area contributed by atoms with Crippen molar-refractivity contribution in [3.8, 4) is 16.3 Å². The highest BCUT2D eigenvalue weighted by Gasteiger charge is 2.20. The molecule has 4 heterocycles. The first-order chi connectivity index (χ1) is 16.6. The Morgan fingerprint density at radius 1 is 1.06 bits per heavy atom. The molecule has 34 heavy (non-hydrogen) atoms. The van der Waals surface area contributed by atoms with E-state index in [2.05, 4.69) is 5.32 Å². The summed E-state index contributed by atoms with van der Waals surface area (Å²) in [4.78, 5) is 28.6. The summed E-state index contributed by atoms with van der Waals surface area (Å²) >= 11 is 2.84. The highest BCUT2D eigenvalue weighted by molar-refractivity contribution is 7.18. The van der Waals surface area contributed by atoms with Crippen molar-refractivity contribution >= 4 is 39.5 Å². The van der Waals surface area contributed by atoms with Crippen LogP contribution in [0.2, 0.25) is 0 Å². The van der Waals surface area contributed by atoms with Gasteiger partial charge < -0.3 is 14.6 Å². The van der Waals surface area contributed by atoms with Gasteiger partial charge >= 0.3 is 0 Å². The molecule has 4 aromatic heterocycles. The van der Waals surface area contributed by atoms with E-state index in [0.29, 0.717) is 16.4 Å². The van der Waals surface area contributed by atoms with Crippen molar-refractivity contribution in [2.45, 2.75) is 6.54 Å². The van der Waals surface area contributed by atoms with E-state index in [1.807, 2.05) is 58.7 Å². The lowest BCUT2D eigenvalue weighted by atomic mass is 10.2. The zero-order valence-electron chi connectivity index (χ0n) is 18.2. The van der Waals surface area contributed by atoms with Gasteiger partial charge in [0.1, 0.15) is 5.69 Å². The number of anilines is 1. The minimum Gasteiger partial charge on any atom is -0.459 e. The molecule has 0 aliphatic carbocycles. The lowest BCUT2D eigenvalue weighted by Crippen LogP contribution is -2.25.